The van der Waals surface area contributed by atoms with Crippen LogP contribution in [0.4, 0.5) is 4.39 Å². The van der Waals surface area contributed by atoms with Gasteiger partial charge in [-0.05, 0) is 32.9 Å². The fourth-order valence-corrected chi connectivity index (χ4v) is 1.80. The fraction of sp³-hybridized carbons (Fsp3) is 0.357. The van der Waals surface area contributed by atoms with Gasteiger partial charge < -0.3 is 14.4 Å². The molecule has 0 aliphatic carbocycles. The lowest BCUT2D eigenvalue weighted by Gasteiger charge is -2.09. The third-order valence-electron chi connectivity index (χ3n) is 2.99. The third kappa shape index (κ3) is 2.93. The van der Waals surface area contributed by atoms with E-state index < -0.39 is 11.9 Å². The van der Waals surface area contributed by atoms with Gasteiger partial charge in [-0.15, -0.1) is 0 Å². The molecule has 0 aliphatic heterocycles. The molecule has 0 amide bonds. The summed E-state index contributed by atoms with van der Waals surface area (Å²) in [4.78, 5) is 0. The number of aliphatic hydroxyl groups is 1. The highest BCUT2D eigenvalue weighted by atomic mass is 19.1. The molecule has 0 saturated carbocycles. The van der Waals surface area contributed by atoms with E-state index in [4.69, 9.17) is 9.26 Å². The molecule has 2 rings (SSSR count). The summed E-state index contributed by atoms with van der Waals surface area (Å²) in [5, 5.41) is 13.2. The highest BCUT2D eigenvalue weighted by Crippen LogP contribution is 2.23. The van der Waals surface area contributed by atoms with Gasteiger partial charge in [-0.3, -0.25) is 0 Å². The molecule has 1 aromatic carbocycles. The summed E-state index contributed by atoms with van der Waals surface area (Å²) in [6.07, 6.45) is -0.836. The number of aromatic nitrogens is 1. The monoisotopic (exact) mass is 265 g/mol. The molecule has 1 N–H and O–H groups in total. The smallest absolute Gasteiger partial charge is 0.140 e. The molecule has 0 saturated heterocycles. The van der Waals surface area contributed by atoms with Crippen molar-refractivity contribution in [3.63, 3.8) is 0 Å². The molecule has 0 spiro atoms. The molecule has 2 aromatic rings. The average Bonchev–Trinajstić information content (AvgIpc) is 2.66. The van der Waals surface area contributed by atoms with Gasteiger partial charge >= 0.3 is 0 Å². The molecule has 5 heteroatoms. The minimum Gasteiger partial charge on any atom is -0.489 e. The first-order valence-electron chi connectivity index (χ1n) is 6.01. The molecule has 0 unspecified atom stereocenters. The molecule has 0 bridgehead atoms. The molecule has 1 heterocycles. The van der Waals surface area contributed by atoms with E-state index in [1.165, 1.54) is 19.1 Å². The average molecular weight is 265 g/mol. The van der Waals surface area contributed by atoms with Crippen molar-refractivity contribution in [3.05, 3.63) is 46.6 Å². The van der Waals surface area contributed by atoms with Crippen LogP contribution in [0.5, 0.6) is 5.75 Å². The first-order chi connectivity index (χ1) is 8.99. The van der Waals surface area contributed by atoms with Crippen LogP contribution >= 0.6 is 0 Å². The van der Waals surface area contributed by atoms with E-state index >= 15 is 0 Å². The quantitative estimate of drug-likeness (QED) is 0.923. The maximum atomic E-state index is 13.7. The van der Waals surface area contributed by atoms with E-state index in [0.29, 0.717) is 11.5 Å². The Labute approximate surface area is 110 Å². The summed E-state index contributed by atoms with van der Waals surface area (Å²) in [5.74, 6) is 0.617. The minimum absolute atomic E-state index is 0.254. The minimum atomic E-state index is -0.836. The first kappa shape index (κ1) is 13.5. The molecule has 0 aliphatic rings. The number of aryl methyl sites for hydroxylation is 2. The van der Waals surface area contributed by atoms with Crippen LogP contribution in [0.1, 0.15) is 35.6 Å². The molecule has 102 valence electrons. The Hall–Kier alpha value is -1.88. The number of ether oxygens (including phenoxy) is 1. The Morgan fingerprint density at radius 2 is 2.16 bits per heavy atom. The summed E-state index contributed by atoms with van der Waals surface area (Å²) in [5.41, 5.74) is 1.88. The lowest BCUT2D eigenvalue weighted by atomic mass is 10.1. The van der Waals surface area contributed by atoms with E-state index in [9.17, 15) is 9.50 Å². The molecular formula is C14H16FNO3. The van der Waals surface area contributed by atoms with Gasteiger partial charge in [-0.25, -0.2) is 4.39 Å². The predicted molar refractivity (Wildman–Crippen MR) is 67.3 cm³/mol. The van der Waals surface area contributed by atoms with Crippen molar-refractivity contribution >= 4 is 0 Å². The Morgan fingerprint density at radius 1 is 1.42 bits per heavy atom. The van der Waals surface area contributed by atoms with Crippen molar-refractivity contribution in [2.75, 3.05) is 0 Å². The number of aliphatic hydroxyl groups excluding tert-OH is 1. The molecule has 1 aromatic heterocycles. The number of benzene rings is 1. The first-order valence-corrected chi connectivity index (χ1v) is 6.01. The zero-order valence-electron chi connectivity index (χ0n) is 11.1. The summed E-state index contributed by atoms with van der Waals surface area (Å²) in [7, 11) is 0. The fourth-order valence-electron chi connectivity index (χ4n) is 1.80. The molecule has 0 fully saturated rings. The Balaban J connectivity index is 2.10. The van der Waals surface area contributed by atoms with Crippen molar-refractivity contribution in [2.24, 2.45) is 0 Å². The lowest BCUT2D eigenvalue weighted by molar-refractivity contribution is 0.194. The molecule has 0 radical (unpaired) electrons. The lowest BCUT2D eigenvalue weighted by Crippen LogP contribution is -2.00. The number of halogens is 1. The van der Waals surface area contributed by atoms with Crippen molar-refractivity contribution < 1.29 is 18.8 Å². The highest BCUT2D eigenvalue weighted by Gasteiger charge is 2.12. The summed E-state index contributed by atoms with van der Waals surface area (Å²) < 4.78 is 24.2. The molecule has 1 atom stereocenters. The Morgan fingerprint density at radius 3 is 2.68 bits per heavy atom. The second-order valence-electron chi connectivity index (χ2n) is 4.45. The topological polar surface area (TPSA) is 55.5 Å². The van der Waals surface area contributed by atoms with Crippen LogP contribution in [0, 0.1) is 19.7 Å². The van der Waals surface area contributed by atoms with Gasteiger partial charge in [0, 0.05) is 11.6 Å². The van der Waals surface area contributed by atoms with Gasteiger partial charge in [0.15, 0.2) is 0 Å². The maximum absolute atomic E-state index is 13.7. The predicted octanol–water partition coefficient (Wildman–Crippen LogP) is 3.06. The number of hydrogen-bond donors (Lipinski definition) is 1. The summed E-state index contributed by atoms with van der Waals surface area (Å²) in [6.45, 7) is 5.42. The molecular weight excluding hydrogens is 249 g/mol. The van der Waals surface area contributed by atoms with Crippen molar-refractivity contribution in [3.8, 4) is 5.75 Å². The van der Waals surface area contributed by atoms with Gasteiger partial charge in [0.25, 0.3) is 0 Å². The second kappa shape index (κ2) is 5.40. The standard InChI is InChI=1S/C14H16FNO3/c1-8-13(10(3)19-16-8)7-18-11-4-5-12(9(2)17)14(15)6-11/h4-6,9,17H,7H2,1-3H3/t9-/m0/s1. The van der Waals surface area contributed by atoms with Crippen LogP contribution in [0.15, 0.2) is 22.7 Å². The molecule has 4 nitrogen and oxygen atoms in total. The second-order valence-corrected chi connectivity index (χ2v) is 4.45. The Kier molecular flexibility index (Phi) is 3.85. The van der Waals surface area contributed by atoms with Crippen LogP contribution < -0.4 is 4.74 Å². The van der Waals surface area contributed by atoms with Crippen molar-refractivity contribution in [1.82, 2.24) is 5.16 Å². The van der Waals surface area contributed by atoms with Crippen LogP contribution in [0.25, 0.3) is 0 Å². The summed E-state index contributed by atoms with van der Waals surface area (Å²) in [6, 6.07) is 4.41. The van der Waals surface area contributed by atoms with E-state index in [1.54, 1.807) is 13.0 Å². The van der Waals surface area contributed by atoms with Gasteiger partial charge in [0.05, 0.1) is 17.4 Å². The van der Waals surface area contributed by atoms with Gasteiger partial charge in [-0.1, -0.05) is 5.16 Å². The largest absolute Gasteiger partial charge is 0.489 e. The van der Waals surface area contributed by atoms with Crippen LogP contribution in [0.3, 0.4) is 0 Å². The van der Waals surface area contributed by atoms with E-state index in [-0.39, 0.29) is 12.2 Å². The van der Waals surface area contributed by atoms with Gasteiger partial charge in [0.1, 0.15) is 23.9 Å². The summed E-state index contributed by atoms with van der Waals surface area (Å²) >= 11 is 0. The zero-order valence-corrected chi connectivity index (χ0v) is 11.1. The van der Waals surface area contributed by atoms with Crippen molar-refractivity contribution in [2.45, 2.75) is 33.5 Å². The van der Waals surface area contributed by atoms with E-state index in [2.05, 4.69) is 5.16 Å². The van der Waals surface area contributed by atoms with Crippen molar-refractivity contribution in [1.29, 1.82) is 0 Å². The van der Waals surface area contributed by atoms with Gasteiger partial charge in [0.2, 0.25) is 0 Å². The SMILES string of the molecule is Cc1noc(C)c1COc1ccc([C@H](C)O)c(F)c1. The Bertz CT molecular complexity index is 559. The van der Waals surface area contributed by atoms with E-state index in [0.717, 1.165) is 11.3 Å². The number of rotatable bonds is 4. The van der Waals surface area contributed by atoms with Gasteiger partial charge in [-0.2, -0.15) is 0 Å². The normalized spacial score (nSPS) is 12.5. The number of nitrogens with zero attached hydrogens (tertiary/aromatic N) is 1. The highest BCUT2D eigenvalue weighted by molar-refractivity contribution is 5.30. The molecule has 19 heavy (non-hydrogen) atoms. The van der Waals surface area contributed by atoms with Crippen LogP contribution in [-0.4, -0.2) is 10.3 Å². The number of hydrogen-bond acceptors (Lipinski definition) is 4. The maximum Gasteiger partial charge on any atom is 0.140 e. The van der Waals surface area contributed by atoms with Crippen LogP contribution in [-0.2, 0) is 6.61 Å². The van der Waals surface area contributed by atoms with E-state index in [1.807, 2.05) is 6.92 Å². The zero-order chi connectivity index (χ0) is 14.0. The van der Waals surface area contributed by atoms with Crippen LogP contribution in [0.2, 0.25) is 0 Å². The third-order valence-corrected chi connectivity index (χ3v) is 2.99.